The third-order valence-electron chi connectivity index (χ3n) is 2.93. The van der Waals surface area contributed by atoms with E-state index in [1.807, 2.05) is 0 Å². The zero-order chi connectivity index (χ0) is 12.2. The number of carbonyl (C=O) groups is 1. The van der Waals surface area contributed by atoms with Crippen LogP contribution in [0.15, 0.2) is 0 Å². The van der Waals surface area contributed by atoms with Crippen LogP contribution in [0.5, 0.6) is 0 Å². The Labute approximate surface area is 96.4 Å². The molecular formula is C10H19NO4S. The quantitative estimate of drug-likeness (QED) is 0.735. The van der Waals surface area contributed by atoms with Crippen molar-refractivity contribution >= 4 is 15.8 Å². The SMILES string of the molecule is CS(=O)(=O)CCN(CC(=O)O)C1CCCC1. The van der Waals surface area contributed by atoms with E-state index in [4.69, 9.17) is 5.11 Å². The summed E-state index contributed by atoms with van der Waals surface area (Å²) in [5, 5.41) is 8.78. The molecule has 94 valence electrons. The van der Waals surface area contributed by atoms with Crippen molar-refractivity contribution in [2.45, 2.75) is 31.7 Å². The van der Waals surface area contributed by atoms with Crippen molar-refractivity contribution in [3.05, 3.63) is 0 Å². The van der Waals surface area contributed by atoms with Gasteiger partial charge in [0.1, 0.15) is 9.84 Å². The lowest BCUT2D eigenvalue weighted by Gasteiger charge is -2.26. The van der Waals surface area contributed by atoms with Crippen LogP contribution in [0.4, 0.5) is 0 Å². The summed E-state index contributed by atoms with van der Waals surface area (Å²) in [6, 6.07) is 0.248. The first-order valence-corrected chi connectivity index (χ1v) is 7.58. The Morgan fingerprint density at radius 1 is 1.38 bits per heavy atom. The van der Waals surface area contributed by atoms with Crippen LogP contribution in [0.1, 0.15) is 25.7 Å². The van der Waals surface area contributed by atoms with Crippen molar-refractivity contribution in [3.8, 4) is 0 Å². The van der Waals surface area contributed by atoms with Gasteiger partial charge in [-0.1, -0.05) is 12.8 Å². The second kappa shape index (κ2) is 5.63. The lowest BCUT2D eigenvalue weighted by molar-refractivity contribution is -0.138. The van der Waals surface area contributed by atoms with Gasteiger partial charge in [0, 0.05) is 18.8 Å². The summed E-state index contributed by atoms with van der Waals surface area (Å²) in [6.45, 7) is 0.274. The zero-order valence-electron chi connectivity index (χ0n) is 9.55. The molecule has 1 fully saturated rings. The summed E-state index contributed by atoms with van der Waals surface area (Å²) in [5.74, 6) is -0.850. The van der Waals surface area contributed by atoms with Gasteiger partial charge in [-0.3, -0.25) is 9.69 Å². The highest BCUT2D eigenvalue weighted by atomic mass is 32.2. The van der Waals surface area contributed by atoms with E-state index in [0.29, 0.717) is 6.54 Å². The van der Waals surface area contributed by atoms with Gasteiger partial charge in [-0.2, -0.15) is 0 Å². The summed E-state index contributed by atoms with van der Waals surface area (Å²) in [7, 11) is -3.02. The standard InChI is InChI=1S/C10H19NO4S/c1-16(14,15)7-6-11(8-10(12)13)9-4-2-3-5-9/h9H,2-8H2,1H3,(H,12,13). The Morgan fingerprint density at radius 3 is 2.38 bits per heavy atom. The molecule has 0 aromatic rings. The van der Waals surface area contributed by atoms with Crippen LogP contribution in [0.25, 0.3) is 0 Å². The lowest BCUT2D eigenvalue weighted by atomic mass is 10.2. The minimum Gasteiger partial charge on any atom is -0.480 e. The molecule has 5 nitrogen and oxygen atoms in total. The maximum atomic E-state index is 11.1. The Bertz CT molecular complexity index is 333. The Kier molecular flexibility index (Phi) is 4.73. The smallest absolute Gasteiger partial charge is 0.317 e. The number of nitrogens with zero attached hydrogens (tertiary/aromatic N) is 1. The van der Waals surface area contributed by atoms with E-state index < -0.39 is 15.8 Å². The molecular weight excluding hydrogens is 230 g/mol. The second-order valence-corrected chi connectivity index (χ2v) is 6.69. The van der Waals surface area contributed by atoms with Crippen LogP contribution in [0.3, 0.4) is 0 Å². The minimum absolute atomic E-state index is 0.0385. The fourth-order valence-electron chi connectivity index (χ4n) is 2.12. The molecule has 0 atom stereocenters. The Morgan fingerprint density at radius 2 is 1.94 bits per heavy atom. The molecule has 0 heterocycles. The van der Waals surface area contributed by atoms with Gasteiger partial charge in [0.05, 0.1) is 12.3 Å². The van der Waals surface area contributed by atoms with Crippen molar-refractivity contribution in [1.29, 1.82) is 0 Å². The van der Waals surface area contributed by atoms with E-state index in [2.05, 4.69) is 0 Å². The predicted molar refractivity (Wildman–Crippen MR) is 61.2 cm³/mol. The Hall–Kier alpha value is -0.620. The maximum absolute atomic E-state index is 11.1. The molecule has 1 saturated carbocycles. The first kappa shape index (κ1) is 13.4. The molecule has 1 rings (SSSR count). The molecule has 1 aliphatic rings. The van der Waals surface area contributed by atoms with E-state index in [1.165, 1.54) is 6.26 Å². The van der Waals surface area contributed by atoms with Gasteiger partial charge in [-0.15, -0.1) is 0 Å². The Balaban J connectivity index is 2.52. The monoisotopic (exact) mass is 249 g/mol. The number of carboxylic acid groups (broad SMARTS) is 1. The predicted octanol–water partition coefficient (Wildman–Crippen LogP) is 0.360. The molecule has 0 aromatic heterocycles. The summed E-state index contributed by atoms with van der Waals surface area (Å²) >= 11 is 0. The van der Waals surface area contributed by atoms with Crippen molar-refractivity contribution in [2.24, 2.45) is 0 Å². The summed E-state index contributed by atoms with van der Waals surface area (Å²) < 4.78 is 22.1. The number of rotatable bonds is 6. The van der Waals surface area contributed by atoms with E-state index in [0.717, 1.165) is 25.7 Å². The molecule has 0 spiro atoms. The number of hydrogen-bond acceptors (Lipinski definition) is 4. The fraction of sp³-hybridized carbons (Fsp3) is 0.900. The van der Waals surface area contributed by atoms with E-state index in [9.17, 15) is 13.2 Å². The number of carboxylic acids is 1. The van der Waals surface area contributed by atoms with Crippen LogP contribution in [0, 0.1) is 0 Å². The van der Waals surface area contributed by atoms with Crippen LogP contribution in [-0.4, -0.2) is 55.5 Å². The molecule has 0 bridgehead atoms. The van der Waals surface area contributed by atoms with Crippen molar-refractivity contribution in [3.63, 3.8) is 0 Å². The molecule has 0 amide bonds. The van der Waals surface area contributed by atoms with Crippen LogP contribution in [0.2, 0.25) is 0 Å². The highest BCUT2D eigenvalue weighted by molar-refractivity contribution is 7.90. The van der Waals surface area contributed by atoms with Crippen LogP contribution < -0.4 is 0 Å². The maximum Gasteiger partial charge on any atom is 0.317 e. The molecule has 0 aromatic carbocycles. The molecule has 0 radical (unpaired) electrons. The normalized spacial score (nSPS) is 18.1. The highest BCUT2D eigenvalue weighted by Crippen LogP contribution is 2.23. The van der Waals surface area contributed by atoms with Gasteiger partial charge in [-0.05, 0) is 12.8 Å². The van der Waals surface area contributed by atoms with Crippen LogP contribution in [-0.2, 0) is 14.6 Å². The first-order valence-electron chi connectivity index (χ1n) is 5.52. The third-order valence-corrected chi connectivity index (χ3v) is 3.85. The van der Waals surface area contributed by atoms with E-state index in [-0.39, 0.29) is 18.3 Å². The van der Waals surface area contributed by atoms with Crippen molar-refractivity contribution in [1.82, 2.24) is 4.90 Å². The largest absolute Gasteiger partial charge is 0.480 e. The van der Waals surface area contributed by atoms with Gasteiger partial charge >= 0.3 is 5.97 Å². The molecule has 0 aliphatic heterocycles. The van der Waals surface area contributed by atoms with Crippen molar-refractivity contribution in [2.75, 3.05) is 25.1 Å². The molecule has 16 heavy (non-hydrogen) atoms. The van der Waals surface area contributed by atoms with Crippen LogP contribution >= 0.6 is 0 Å². The summed E-state index contributed by atoms with van der Waals surface area (Å²) in [4.78, 5) is 12.5. The van der Waals surface area contributed by atoms with Gasteiger partial charge in [-0.25, -0.2) is 8.42 Å². The van der Waals surface area contributed by atoms with E-state index in [1.54, 1.807) is 4.90 Å². The van der Waals surface area contributed by atoms with E-state index >= 15 is 0 Å². The third kappa shape index (κ3) is 4.94. The average molecular weight is 249 g/mol. The summed E-state index contributed by atoms with van der Waals surface area (Å²) in [5.41, 5.74) is 0. The number of hydrogen-bond donors (Lipinski definition) is 1. The van der Waals surface area contributed by atoms with Gasteiger partial charge in [0.25, 0.3) is 0 Å². The van der Waals surface area contributed by atoms with Gasteiger partial charge in [0.15, 0.2) is 0 Å². The van der Waals surface area contributed by atoms with Gasteiger partial charge < -0.3 is 5.11 Å². The van der Waals surface area contributed by atoms with Crippen molar-refractivity contribution < 1.29 is 18.3 Å². The molecule has 0 unspecified atom stereocenters. The summed E-state index contributed by atoms with van der Waals surface area (Å²) in [6.07, 6.45) is 5.37. The minimum atomic E-state index is -3.02. The first-order chi connectivity index (χ1) is 7.38. The number of sulfone groups is 1. The second-order valence-electron chi connectivity index (χ2n) is 4.43. The fourth-order valence-corrected chi connectivity index (χ4v) is 2.68. The molecule has 1 aliphatic carbocycles. The lowest BCUT2D eigenvalue weighted by Crippen LogP contribution is -2.40. The number of aliphatic carboxylic acids is 1. The highest BCUT2D eigenvalue weighted by Gasteiger charge is 2.24. The van der Waals surface area contributed by atoms with Gasteiger partial charge in [0.2, 0.25) is 0 Å². The zero-order valence-corrected chi connectivity index (χ0v) is 10.4. The molecule has 6 heteroatoms. The molecule has 1 N–H and O–H groups in total. The topological polar surface area (TPSA) is 74.7 Å². The molecule has 0 saturated heterocycles. The average Bonchev–Trinajstić information content (AvgIpc) is 2.62.